The summed E-state index contributed by atoms with van der Waals surface area (Å²) in [7, 11) is 0. The summed E-state index contributed by atoms with van der Waals surface area (Å²) >= 11 is 0. The Bertz CT molecular complexity index is 950. The Balaban J connectivity index is 0.00000206. The quantitative estimate of drug-likeness (QED) is 0.710. The molecule has 1 unspecified atom stereocenters. The Hall–Kier alpha value is -1.35. The summed E-state index contributed by atoms with van der Waals surface area (Å²) in [5.74, 6) is 3.84. The van der Waals surface area contributed by atoms with Gasteiger partial charge in [0, 0.05) is 31.6 Å². The number of halogens is 1. The van der Waals surface area contributed by atoms with Crippen molar-refractivity contribution in [2.75, 3.05) is 13.1 Å². The number of aliphatic hydroxyl groups is 1. The lowest BCUT2D eigenvalue weighted by atomic mass is 9.45. The monoisotopic (exact) mass is 463 g/mol. The minimum absolute atomic E-state index is 0. The predicted octanol–water partition coefficient (Wildman–Crippen LogP) is 1.83. The number of benzene rings is 2. The molecule has 176 valence electrons. The highest BCUT2D eigenvalue weighted by atomic mass is 35.5. The molecule has 3 heteroatoms. The zero-order chi connectivity index (χ0) is 21.3. The molecule has 2 nitrogen and oxygen atoms in total. The zero-order valence-corrected chi connectivity index (χ0v) is 20.4. The summed E-state index contributed by atoms with van der Waals surface area (Å²) in [6.07, 6.45) is 12.0. The highest BCUT2D eigenvalue weighted by molar-refractivity contribution is 5.63. The SMILES string of the molecule is OC(c1ccc(-c2ccccc2)cc1)(C1C2CC3CC(C2)CC1C3)C12CCC[NH+]1CCC2.[Cl-]. The van der Waals surface area contributed by atoms with Gasteiger partial charge in [0.2, 0.25) is 0 Å². The molecule has 2 heterocycles. The van der Waals surface area contributed by atoms with Crippen LogP contribution in [0.5, 0.6) is 0 Å². The summed E-state index contributed by atoms with van der Waals surface area (Å²) in [5.41, 5.74) is 3.13. The third-order valence-electron chi connectivity index (χ3n) is 10.7. The first-order valence-electron chi connectivity index (χ1n) is 13.4. The molecule has 0 aromatic heterocycles. The van der Waals surface area contributed by atoms with Crippen LogP contribution in [0.15, 0.2) is 54.6 Å². The van der Waals surface area contributed by atoms with E-state index in [1.165, 1.54) is 87.6 Å². The van der Waals surface area contributed by atoms with E-state index in [-0.39, 0.29) is 17.9 Å². The number of hydrogen-bond acceptors (Lipinski definition) is 1. The van der Waals surface area contributed by atoms with Gasteiger partial charge in [-0.1, -0.05) is 54.6 Å². The second-order valence-corrected chi connectivity index (χ2v) is 12.1. The molecule has 8 rings (SSSR count). The van der Waals surface area contributed by atoms with Gasteiger partial charge in [0.05, 0.1) is 13.1 Å². The molecular weight excluding hydrogens is 426 g/mol. The van der Waals surface area contributed by atoms with Crippen LogP contribution in [0.25, 0.3) is 11.1 Å². The molecule has 2 aromatic rings. The Labute approximate surface area is 205 Å². The van der Waals surface area contributed by atoms with Gasteiger partial charge >= 0.3 is 0 Å². The predicted molar refractivity (Wildman–Crippen MR) is 128 cm³/mol. The zero-order valence-electron chi connectivity index (χ0n) is 19.7. The smallest absolute Gasteiger partial charge is 0.147 e. The van der Waals surface area contributed by atoms with Crippen LogP contribution in [0.4, 0.5) is 0 Å². The number of rotatable bonds is 4. The molecule has 4 saturated carbocycles. The van der Waals surface area contributed by atoms with Crippen molar-refractivity contribution >= 4 is 0 Å². The van der Waals surface area contributed by atoms with E-state index in [0.29, 0.717) is 5.92 Å². The van der Waals surface area contributed by atoms with Crippen LogP contribution in [0.1, 0.15) is 63.4 Å². The van der Waals surface area contributed by atoms with Crippen molar-refractivity contribution in [2.24, 2.45) is 29.6 Å². The van der Waals surface area contributed by atoms with Gasteiger partial charge < -0.3 is 22.4 Å². The highest BCUT2D eigenvalue weighted by Gasteiger charge is 2.69. The maximum absolute atomic E-state index is 13.2. The van der Waals surface area contributed by atoms with Crippen LogP contribution in [0.2, 0.25) is 0 Å². The lowest BCUT2D eigenvalue weighted by Gasteiger charge is -2.61. The molecule has 2 saturated heterocycles. The number of nitrogens with one attached hydrogen (secondary N) is 1. The standard InChI is InChI=1S/C30H37NO.ClH/c32-30(29-12-4-14-31(29)15-5-13-29,28-25-17-21-16-22(19-25)20-26(28)18-21)27-10-8-24(9-11-27)23-6-2-1-3-7-23;/h1-3,6-11,21-22,25-26,28,32H,4-5,12-20H2;1H. The van der Waals surface area contributed by atoms with E-state index in [1.54, 1.807) is 4.90 Å². The van der Waals surface area contributed by atoms with Crippen molar-refractivity contribution in [1.29, 1.82) is 0 Å². The fourth-order valence-corrected chi connectivity index (χ4v) is 9.88. The van der Waals surface area contributed by atoms with E-state index in [4.69, 9.17) is 0 Å². The summed E-state index contributed by atoms with van der Waals surface area (Å²) in [6, 6.07) is 19.9. The minimum Gasteiger partial charge on any atom is -1.00 e. The Morgan fingerprint density at radius 2 is 1.27 bits per heavy atom. The second kappa shape index (κ2) is 8.11. The van der Waals surface area contributed by atoms with Crippen molar-refractivity contribution in [1.82, 2.24) is 0 Å². The van der Waals surface area contributed by atoms with E-state index in [0.717, 1.165) is 23.7 Å². The van der Waals surface area contributed by atoms with Gasteiger partial charge in [0.15, 0.2) is 0 Å². The maximum Gasteiger partial charge on any atom is 0.147 e. The Morgan fingerprint density at radius 3 is 1.85 bits per heavy atom. The third-order valence-corrected chi connectivity index (χ3v) is 10.7. The Kier molecular flexibility index (Phi) is 5.44. The van der Waals surface area contributed by atoms with Gasteiger partial charge in [-0.25, -0.2) is 0 Å². The van der Waals surface area contributed by atoms with Crippen molar-refractivity contribution in [3.05, 3.63) is 60.2 Å². The van der Waals surface area contributed by atoms with Crippen LogP contribution in [-0.4, -0.2) is 23.7 Å². The number of quaternary nitrogens is 1. The number of hydrogen-bond donors (Lipinski definition) is 2. The summed E-state index contributed by atoms with van der Waals surface area (Å²) in [5, 5.41) is 13.2. The van der Waals surface area contributed by atoms with E-state index in [2.05, 4.69) is 54.6 Å². The van der Waals surface area contributed by atoms with E-state index >= 15 is 0 Å². The maximum atomic E-state index is 13.2. The van der Waals surface area contributed by atoms with Crippen molar-refractivity contribution in [2.45, 2.75) is 68.9 Å². The van der Waals surface area contributed by atoms with Crippen LogP contribution >= 0.6 is 0 Å². The lowest BCUT2D eigenvalue weighted by molar-refractivity contribution is -0.936. The topological polar surface area (TPSA) is 24.7 Å². The van der Waals surface area contributed by atoms with Gasteiger partial charge in [-0.2, -0.15) is 0 Å². The average molecular weight is 464 g/mol. The first kappa shape index (κ1) is 22.1. The molecule has 1 atom stereocenters. The summed E-state index contributed by atoms with van der Waals surface area (Å²) in [6.45, 7) is 2.52. The first-order valence-corrected chi connectivity index (χ1v) is 13.4. The van der Waals surface area contributed by atoms with E-state index < -0.39 is 5.60 Å². The second-order valence-electron chi connectivity index (χ2n) is 12.1. The molecule has 4 aliphatic carbocycles. The largest absolute Gasteiger partial charge is 1.00 e. The molecule has 33 heavy (non-hydrogen) atoms. The lowest BCUT2D eigenvalue weighted by Crippen LogP contribution is -3.18. The van der Waals surface area contributed by atoms with Gasteiger partial charge in [-0.05, 0) is 72.5 Å². The fourth-order valence-electron chi connectivity index (χ4n) is 9.88. The molecule has 6 aliphatic rings. The van der Waals surface area contributed by atoms with Gasteiger partial charge in [-0.3, -0.25) is 0 Å². The van der Waals surface area contributed by atoms with Crippen molar-refractivity contribution in [3.63, 3.8) is 0 Å². The van der Waals surface area contributed by atoms with Gasteiger partial charge in [0.25, 0.3) is 0 Å². The van der Waals surface area contributed by atoms with Crippen molar-refractivity contribution in [3.8, 4) is 11.1 Å². The van der Waals surface area contributed by atoms with E-state index in [9.17, 15) is 5.11 Å². The van der Waals surface area contributed by atoms with Crippen LogP contribution in [0, 0.1) is 29.6 Å². The van der Waals surface area contributed by atoms with Crippen molar-refractivity contribution < 1.29 is 22.4 Å². The minimum atomic E-state index is -0.673. The van der Waals surface area contributed by atoms with Gasteiger partial charge in [-0.15, -0.1) is 0 Å². The molecule has 6 fully saturated rings. The first-order chi connectivity index (χ1) is 15.7. The molecule has 4 bridgehead atoms. The molecular formula is C30H38ClNO. The summed E-state index contributed by atoms with van der Waals surface area (Å²) < 4.78 is 0. The fraction of sp³-hybridized carbons (Fsp3) is 0.600. The normalized spacial score (nSPS) is 40.3. The highest BCUT2D eigenvalue weighted by Crippen LogP contribution is 2.63. The Morgan fingerprint density at radius 1 is 0.727 bits per heavy atom. The molecule has 0 spiro atoms. The molecule has 0 radical (unpaired) electrons. The molecule has 2 aromatic carbocycles. The van der Waals surface area contributed by atoms with Crippen LogP contribution in [0.3, 0.4) is 0 Å². The summed E-state index contributed by atoms with van der Waals surface area (Å²) in [4.78, 5) is 1.72. The van der Waals surface area contributed by atoms with Crippen LogP contribution in [-0.2, 0) is 5.60 Å². The van der Waals surface area contributed by atoms with Crippen LogP contribution < -0.4 is 17.3 Å². The number of fused-ring (bicyclic) bond motifs is 1. The third kappa shape index (κ3) is 3.13. The van der Waals surface area contributed by atoms with Gasteiger partial charge in [0.1, 0.15) is 11.1 Å². The average Bonchev–Trinajstić information content (AvgIpc) is 3.41. The molecule has 2 N–H and O–H groups in total. The van der Waals surface area contributed by atoms with E-state index in [1.807, 2.05) is 0 Å². The molecule has 0 amide bonds. The molecule has 2 aliphatic heterocycles.